The first-order valence-corrected chi connectivity index (χ1v) is 6.74. The van der Waals surface area contributed by atoms with Crippen LogP contribution in [-0.4, -0.2) is 13.3 Å². The predicted octanol–water partition coefficient (Wildman–Crippen LogP) is 1.67. The van der Waals surface area contributed by atoms with Gasteiger partial charge < -0.3 is 4.42 Å². The summed E-state index contributed by atoms with van der Waals surface area (Å²) in [6.45, 7) is 0.0202. The molecule has 0 saturated heterocycles. The van der Waals surface area contributed by atoms with Gasteiger partial charge in [-0.1, -0.05) is 0 Å². The lowest BCUT2D eigenvalue weighted by molar-refractivity contribution is -0.384. The van der Waals surface area contributed by atoms with Gasteiger partial charge in [0.1, 0.15) is 5.76 Å². The molecule has 0 radical (unpaired) electrons. The molecule has 1 aromatic carbocycles. The SMILES string of the molecule is O=[N+]([O-])c1ccc(S(=O)(=O)NCc2ccco2)cc1. The highest BCUT2D eigenvalue weighted by Gasteiger charge is 2.15. The minimum Gasteiger partial charge on any atom is -0.468 e. The summed E-state index contributed by atoms with van der Waals surface area (Å²) in [5.41, 5.74) is -0.162. The fraction of sp³-hybridized carbons (Fsp3) is 0.0909. The molecule has 0 amide bonds. The number of hydrogen-bond acceptors (Lipinski definition) is 5. The Labute approximate surface area is 109 Å². The molecule has 0 spiro atoms. The van der Waals surface area contributed by atoms with E-state index in [0.29, 0.717) is 5.76 Å². The molecule has 0 saturated carbocycles. The number of nitrogens with zero attached hydrogens (tertiary/aromatic N) is 1. The van der Waals surface area contributed by atoms with Crippen LogP contribution in [0.4, 0.5) is 5.69 Å². The Morgan fingerprint density at radius 1 is 1.21 bits per heavy atom. The van der Waals surface area contributed by atoms with Gasteiger partial charge in [-0.05, 0) is 24.3 Å². The smallest absolute Gasteiger partial charge is 0.269 e. The van der Waals surface area contributed by atoms with Gasteiger partial charge in [-0.25, -0.2) is 13.1 Å². The number of non-ortho nitro benzene ring substituents is 1. The first-order chi connectivity index (χ1) is 8.99. The zero-order valence-electron chi connectivity index (χ0n) is 9.65. The zero-order valence-corrected chi connectivity index (χ0v) is 10.5. The summed E-state index contributed by atoms with van der Waals surface area (Å²) < 4.78 is 31.1. The molecule has 19 heavy (non-hydrogen) atoms. The van der Waals surface area contributed by atoms with E-state index in [0.717, 1.165) is 12.1 Å². The Bertz CT molecular complexity index is 662. The van der Waals surface area contributed by atoms with Gasteiger partial charge >= 0.3 is 0 Å². The summed E-state index contributed by atoms with van der Waals surface area (Å²) in [7, 11) is -3.71. The molecule has 1 aromatic heterocycles. The number of benzene rings is 1. The number of nitro benzene ring substituents is 1. The number of nitrogens with one attached hydrogen (secondary N) is 1. The van der Waals surface area contributed by atoms with E-state index in [9.17, 15) is 18.5 Å². The van der Waals surface area contributed by atoms with Crippen LogP contribution in [0.25, 0.3) is 0 Å². The average molecular weight is 282 g/mol. The third kappa shape index (κ3) is 3.18. The fourth-order valence-corrected chi connectivity index (χ4v) is 2.40. The van der Waals surface area contributed by atoms with Crippen molar-refractivity contribution in [3.8, 4) is 0 Å². The Morgan fingerprint density at radius 2 is 1.89 bits per heavy atom. The molecular formula is C11H10N2O5S. The largest absolute Gasteiger partial charge is 0.468 e. The minimum absolute atomic E-state index is 0.0202. The van der Waals surface area contributed by atoms with Crippen LogP contribution in [0, 0.1) is 10.1 Å². The number of hydrogen-bond donors (Lipinski definition) is 1. The molecule has 100 valence electrons. The van der Waals surface area contributed by atoms with Crippen molar-refractivity contribution in [3.05, 3.63) is 58.5 Å². The van der Waals surface area contributed by atoms with Crippen LogP contribution in [0.15, 0.2) is 52.0 Å². The van der Waals surface area contributed by atoms with Crippen LogP contribution in [-0.2, 0) is 16.6 Å². The van der Waals surface area contributed by atoms with Crippen LogP contribution in [0.3, 0.4) is 0 Å². The lowest BCUT2D eigenvalue weighted by Crippen LogP contribution is -2.22. The number of nitro groups is 1. The summed E-state index contributed by atoms with van der Waals surface area (Å²) in [6.07, 6.45) is 1.44. The molecule has 2 aromatic rings. The van der Waals surface area contributed by atoms with Crippen LogP contribution in [0.5, 0.6) is 0 Å². The summed E-state index contributed by atoms with van der Waals surface area (Å²) in [5, 5.41) is 10.5. The summed E-state index contributed by atoms with van der Waals surface area (Å²) in [6, 6.07) is 7.93. The van der Waals surface area contributed by atoms with Crippen molar-refractivity contribution in [2.24, 2.45) is 0 Å². The maximum Gasteiger partial charge on any atom is 0.269 e. The Kier molecular flexibility index (Phi) is 3.63. The molecule has 0 aliphatic rings. The molecular weight excluding hydrogens is 272 g/mol. The molecule has 2 rings (SSSR count). The monoisotopic (exact) mass is 282 g/mol. The topological polar surface area (TPSA) is 102 Å². The van der Waals surface area contributed by atoms with E-state index in [2.05, 4.69) is 4.72 Å². The van der Waals surface area contributed by atoms with Gasteiger partial charge in [0.15, 0.2) is 0 Å². The van der Waals surface area contributed by atoms with E-state index in [1.165, 1.54) is 18.4 Å². The van der Waals surface area contributed by atoms with Crippen molar-refractivity contribution in [1.82, 2.24) is 4.72 Å². The van der Waals surface area contributed by atoms with Crippen molar-refractivity contribution in [2.75, 3.05) is 0 Å². The maximum atomic E-state index is 11.9. The number of rotatable bonds is 5. The third-order valence-electron chi connectivity index (χ3n) is 2.37. The predicted molar refractivity (Wildman–Crippen MR) is 65.8 cm³/mol. The lowest BCUT2D eigenvalue weighted by atomic mass is 10.3. The molecule has 0 atom stereocenters. The number of sulfonamides is 1. The summed E-state index contributed by atoms with van der Waals surface area (Å²) >= 11 is 0. The third-order valence-corrected chi connectivity index (χ3v) is 3.79. The van der Waals surface area contributed by atoms with E-state index in [1.54, 1.807) is 12.1 Å². The second-order valence-electron chi connectivity index (χ2n) is 3.65. The molecule has 1 heterocycles. The summed E-state index contributed by atoms with van der Waals surface area (Å²) in [4.78, 5) is 9.84. The molecule has 7 nitrogen and oxygen atoms in total. The quantitative estimate of drug-likeness (QED) is 0.663. The minimum atomic E-state index is -3.71. The highest BCUT2D eigenvalue weighted by atomic mass is 32.2. The van der Waals surface area contributed by atoms with Crippen LogP contribution in [0.1, 0.15) is 5.76 Å². The normalized spacial score (nSPS) is 11.4. The van der Waals surface area contributed by atoms with E-state index in [-0.39, 0.29) is 17.1 Å². The molecule has 0 aliphatic heterocycles. The number of furan rings is 1. The molecule has 0 unspecified atom stereocenters. The average Bonchev–Trinajstić information content (AvgIpc) is 2.90. The van der Waals surface area contributed by atoms with E-state index in [1.807, 2.05) is 0 Å². The Balaban J connectivity index is 2.13. The Morgan fingerprint density at radius 3 is 2.42 bits per heavy atom. The lowest BCUT2D eigenvalue weighted by Gasteiger charge is -2.04. The van der Waals surface area contributed by atoms with Gasteiger partial charge in [-0.2, -0.15) is 0 Å². The van der Waals surface area contributed by atoms with Crippen LogP contribution >= 0.6 is 0 Å². The first kappa shape index (κ1) is 13.2. The second-order valence-corrected chi connectivity index (χ2v) is 5.42. The van der Waals surface area contributed by atoms with E-state index in [4.69, 9.17) is 4.42 Å². The maximum absolute atomic E-state index is 11.9. The van der Waals surface area contributed by atoms with Crippen molar-refractivity contribution in [2.45, 2.75) is 11.4 Å². The van der Waals surface area contributed by atoms with E-state index >= 15 is 0 Å². The molecule has 0 aliphatic carbocycles. The van der Waals surface area contributed by atoms with Crippen molar-refractivity contribution in [3.63, 3.8) is 0 Å². The van der Waals surface area contributed by atoms with Gasteiger partial charge in [0, 0.05) is 12.1 Å². The first-order valence-electron chi connectivity index (χ1n) is 5.25. The van der Waals surface area contributed by atoms with Crippen molar-refractivity contribution >= 4 is 15.7 Å². The van der Waals surface area contributed by atoms with Crippen molar-refractivity contribution in [1.29, 1.82) is 0 Å². The van der Waals surface area contributed by atoms with Crippen LogP contribution in [0.2, 0.25) is 0 Å². The van der Waals surface area contributed by atoms with Gasteiger partial charge in [-0.3, -0.25) is 10.1 Å². The van der Waals surface area contributed by atoms with Gasteiger partial charge in [0.2, 0.25) is 10.0 Å². The molecule has 0 fully saturated rings. The highest BCUT2D eigenvalue weighted by molar-refractivity contribution is 7.89. The Hall–Kier alpha value is -2.19. The van der Waals surface area contributed by atoms with Gasteiger partial charge in [-0.15, -0.1) is 0 Å². The fourth-order valence-electron chi connectivity index (χ4n) is 1.41. The van der Waals surface area contributed by atoms with Gasteiger partial charge in [0.25, 0.3) is 5.69 Å². The highest BCUT2D eigenvalue weighted by Crippen LogP contribution is 2.16. The van der Waals surface area contributed by atoms with Crippen molar-refractivity contribution < 1.29 is 17.8 Å². The van der Waals surface area contributed by atoms with Crippen LogP contribution < -0.4 is 4.72 Å². The van der Waals surface area contributed by atoms with E-state index < -0.39 is 14.9 Å². The summed E-state index contributed by atoms with van der Waals surface area (Å²) in [5.74, 6) is 0.477. The van der Waals surface area contributed by atoms with Gasteiger partial charge in [0.05, 0.1) is 22.6 Å². The zero-order chi connectivity index (χ0) is 13.9. The molecule has 8 heteroatoms. The molecule has 1 N–H and O–H groups in total. The second kappa shape index (κ2) is 5.21. The molecule has 0 bridgehead atoms. The standard InChI is InChI=1S/C11H10N2O5S/c14-13(15)9-3-5-11(6-4-9)19(16,17)12-8-10-2-1-7-18-10/h1-7,12H,8H2.